The van der Waals surface area contributed by atoms with E-state index in [4.69, 9.17) is 0 Å². The average molecular weight is 215 g/mol. The fourth-order valence-electron chi connectivity index (χ4n) is 1.83. The van der Waals surface area contributed by atoms with Crippen LogP contribution in [0.15, 0.2) is 30.6 Å². The van der Waals surface area contributed by atoms with Gasteiger partial charge >= 0.3 is 0 Å². The summed E-state index contributed by atoms with van der Waals surface area (Å²) in [5, 5.41) is 11.2. The zero-order valence-corrected chi connectivity index (χ0v) is 8.45. The Hall–Kier alpha value is -2.24. The Morgan fingerprint density at radius 3 is 2.94 bits per heavy atom. The maximum Gasteiger partial charge on any atom is 0.256 e. The lowest BCUT2D eigenvalue weighted by atomic mass is 10.1. The molecule has 1 amide bonds. The summed E-state index contributed by atoms with van der Waals surface area (Å²) >= 11 is 0. The molecular weight excluding hydrogens is 206 g/mol. The van der Waals surface area contributed by atoms with Crippen molar-refractivity contribution in [3.63, 3.8) is 0 Å². The first-order chi connectivity index (χ1) is 7.84. The van der Waals surface area contributed by atoms with Gasteiger partial charge in [0.2, 0.25) is 0 Å². The highest BCUT2D eigenvalue weighted by Crippen LogP contribution is 2.22. The van der Waals surface area contributed by atoms with E-state index in [0.29, 0.717) is 13.2 Å². The molecule has 16 heavy (non-hydrogen) atoms. The molecule has 1 aromatic carbocycles. The summed E-state index contributed by atoms with van der Waals surface area (Å²) in [6.07, 6.45) is 1.35. The molecule has 0 bridgehead atoms. The van der Waals surface area contributed by atoms with Crippen LogP contribution in [0.25, 0.3) is 0 Å². The van der Waals surface area contributed by atoms with E-state index in [2.05, 4.69) is 15.4 Å². The molecule has 0 radical (unpaired) electrons. The number of benzene rings is 1. The average Bonchev–Trinajstić information content (AvgIpc) is 2.90. The van der Waals surface area contributed by atoms with Crippen molar-refractivity contribution in [2.24, 2.45) is 0 Å². The lowest BCUT2D eigenvalue weighted by Crippen LogP contribution is -2.27. The normalized spacial score (nSPS) is 14.2. The van der Waals surface area contributed by atoms with Crippen molar-refractivity contribution in [3.8, 4) is 0 Å². The highest BCUT2D eigenvalue weighted by molar-refractivity contribution is 5.98. The molecule has 80 valence electrons. The quantitative estimate of drug-likeness (QED) is 0.722. The van der Waals surface area contributed by atoms with Gasteiger partial charge < -0.3 is 4.90 Å². The predicted octanol–water partition coefficient (Wildman–Crippen LogP) is 0.287. The van der Waals surface area contributed by atoms with E-state index in [1.54, 1.807) is 4.90 Å². The number of carbonyl (C=O) groups is 1. The predicted molar refractivity (Wildman–Crippen MR) is 54.1 cm³/mol. The van der Waals surface area contributed by atoms with E-state index in [0.717, 1.165) is 11.1 Å². The largest absolute Gasteiger partial charge is 0.313 e. The molecule has 0 aliphatic carbocycles. The Kier molecular flexibility index (Phi) is 1.92. The summed E-state index contributed by atoms with van der Waals surface area (Å²) in [5.74, 6) is 0.0212. The Morgan fingerprint density at radius 2 is 2.19 bits per heavy atom. The fraction of sp³-hybridized carbons (Fsp3) is 0.200. The fourth-order valence-corrected chi connectivity index (χ4v) is 1.83. The molecule has 0 spiro atoms. The topological polar surface area (TPSA) is 63.9 Å². The van der Waals surface area contributed by atoms with Gasteiger partial charge in [0, 0.05) is 12.1 Å². The Labute approximate surface area is 91.5 Å². The van der Waals surface area contributed by atoms with E-state index < -0.39 is 0 Å². The van der Waals surface area contributed by atoms with Crippen LogP contribution in [0, 0.1) is 0 Å². The molecule has 0 atom stereocenters. The molecule has 0 unspecified atom stereocenters. The third-order valence-corrected chi connectivity index (χ3v) is 2.58. The Bertz CT molecular complexity index is 520. The van der Waals surface area contributed by atoms with Crippen molar-refractivity contribution in [2.75, 3.05) is 0 Å². The monoisotopic (exact) mass is 215 g/mol. The number of nitrogens with zero attached hydrogens (tertiary/aromatic N) is 5. The van der Waals surface area contributed by atoms with Crippen LogP contribution in [0.4, 0.5) is 0 Å². The highest BCUT2D eigenvalue weighted by atomic mass is 16.2. The van der Waals surface area contributed by atoms with Crippen LogP contribution >= 0.6 is 0 Å². The van der Waals surface area contributed by atoms with Crippen molar-refractivity contribution in [2.45, 2.75) is 13.2 Å². The number of hydrogen-bond donors (Lipinski definition) is 0. The van der Waals surface area contributed by atoms with E-state index >= 15 is 0 Å². The van der Waals surface area contributed by atoms with Crippen molar-refractivity contribution in [1.82, 2.24) is 25.1 Å². The molecule has 0 fully saturated rings. The highest BCUT2D eigenvalue weighted by Gasteiger charge is 2.26. The molecule has 0 saturated heterocycles. The van der Waals surface area contributed by atoms with E-state index in [1.807, 2.05) is 24.3 Å². The van der Waals surface area contributed by atoms with Crippen LogP contribution in [-0.2, 0) is 13.2 Å². The third kappa shape index (κ3) is 1.35. The first kappa shape index (κ1) is 9.02. The third-order valence-electron chi connectivity index (χ3n) is 2.58. The number of hydrogen-bond acceptors (Lipinski definition) is 4. The van der Waals surface area contributed by atoms with Crippen LogP contribution in [0.5, 0.6) is 0 Å². The summed E-state index contributed by atoms with van der Waals surface area (Å²) < 4.78 is 0. The molecule has 6 heteroatoms. The number of rotatable bonds is 2. The summed E-state index contributed by atoms with van der Waals surface area (Å²) in [6.45, 7) is 0.948. The van der Waals surface area contributed by atoms with Gasteiger partial charge in [-0.15, -0.1) is 15.0 Å². The smallest absolute Gasteiger partial charge is 0.256 e. The van der Waals surface area contributed by atoms with Crippen LogP contribution in [0.3, 0.4) is 0 Å². The molecular formula is C10H9N5O. The molecule has 1 aliphatic heterocycles. The van der Waals surface area contributed by atoms with Crippen molar-refractivity contribution in [1.29, 1.82) is 0 Å². The van der Waals surface area contributed by atoms with Gasteiger partial charge in [-0.3, -0.25) is 4.79 Å². The molecule has 1 aromatic heterocycles. The zero-order valence-electron chi connectivity index (χ0n) is 8.45. The van der Waals surface area contributed by atoms with Crippen LogP contribution in [0.1, 0.15) is 15.9 Å². The van der Waals surface area contributed by atoms with E-state index in [-0.39, 0.29) is 5.91 Å². The van der Waals surface area contributed by atoms with Gasteiger partial charge in [0.05, 0.1) is 0 Å². The van der Waals surface area contributed by atoms with Gasteiger partial charge in [-0.1, -0.05) is 18.2 Å². The molecule has 2 heterocycles. The summed E-state index contributed by atoms with van der Waals surface area (Å²) in [7, 11) is 0. The van der Waals surface area contributed by atoms with Crippen molar-refractivity contribution >= 4 is 5.91 Å². The standard InChI is InChI=1S/C10H9N5O/c16-10-9-4-2-1-3-8(9)5-14(10)7-15-12-6-11-13-15/h1-4,6H,5,7H2. The van der Waals surface area contributed by atoms with E-state index in [1.165, 1.54) is 11.1 Å². The van der Waals surface area contributed by atoms with Gasteiger partial charge in [0.25, 0.3) is 5.91 Å². The first-order valence-corrected chi connectivity index (χ1v) is 4.92. The summed E-state index contributed by atoms with van der Waals surface area (Å²) in [5.41, 5.74) is 1.82. The SMILES string of the molecule is O=C1c2ccccc2CN1Cn1ncnn1. The van der Waals surface area contributed by atoms with Crippen molar-refractivity contribution < 1.29 is 4.79 Å². The van der Waals surface area contributed by atoms with Crippen LogP contribution in [0.2, 0.25) is 0 Å². The lowest BCUT2D eigenvalue weighted by molar-refractivity contribution is 0.0705. The Balaban J connectivity index is 1.85. The van der Waals surface area contributed by atoms with Gasteiger partial charge in [-0.25, -0.2) is 0 Å². The molecule has 6 nitrogen and oxygen atoms in total. The number of aromatic nitrogens is 4. The minimum absolute atomic E-state index is 0.0212. The number of amides is 1. The van der Waals surface area contributed by atoms with Gasteiger partial charge in [0.15, 0.2) is 6.33 Å². The maximum atomic E-state index is 12.0. The minimum atomic E-state index is 0.0212. The van der Waals surface area contributed by atoms with Gasteiger partial charge in [-0.05, 0) is 16.8 Å². The van der Waals surface area contributed by atoms with Crippen LogP contribution in [-0.4, -0.2) is 31.0 Å². The maximum absolute atomic E-state index is 12.0. The van der Waals surface area contributed by atoms with E-state index in [9.17, 15) is 4.79 Å². The number of tetrazole rings is 1. The zero-order chi connectivity index (χ0) is 11.0. The lowest BCUT2D eigenvalue weighted by Gasteiger charge is -2.13. The summed E-state index contributed by atoms with van der Waals surface area (Å²) in [4.78, 5) is 15.0. The second-order valence-corrected chi connectivity index (χ2v) is 3.61. The summed E-state index contributed by atoms with van der Waals surface area (Å²) in [6, 6.07) is 7.60. The Morgan fingerprint density at radius 1 is 1.31 bits per heavy atom. The number of fused-ring (bicyclic) bond motifs is 1. The first-order valence-electron chi connectivity index (χ1n) is 4.92. The van der Waals surface area contributed by atoms with Crippen molar-refractivity contribution in [3.05, 3.63) is 41.7 Å². The second kappa shape index (κ2) is 3.41. The molecule has 3 rings (SSSR count). The second-order valence-electron chi connectivity index (χ2n) is 3.61. The minimum Gasteiger partial charge on any atom is -0.313 e. The van der Waals surface area contributed by atoms with Gasteiger partial charge in [0.1, 0.15) is 6.67 Å². The van der Waals surface area contributed by atoms with Crippen LogP contribution < -0.4 is 0 Å². The molecule has 0 saturated carbocycles. The number of carbonyl (C=O) groups excluding carboxylic acids is 1. The van der Waals surface area contributed by atoms with Gasteiger partial charge in [-0.2, -0.15) is 0 Å². The molecule has 0 N–H and O–H groups in total. The molecule has 2 aromatic rings. The molecule has 1 aliphatic rings.